The quantitative estimate of drug-likeness (QED) is 0.870. The number of halogens is 1. The highest BCUT2D eigenvalue weighted by Gasteiger charge is 2.41. The van der Waals surface area contributed by atoms with Crippen LogP contribution < -0.4 is 4.90 Å². The minimum Gasteiger partial charge on any atom is -0.386 e. The number of hydrogen-bond donors (Lipinski definition) is 1. The molecule has 4 heteroatoms. The molecule has 3 nitrogen and oxygen atoms in total. The molecule has 1 aromatic carbocycles. The monoisotopic (exact) mass is 234 g/mol. The van der Waals surface area contributed by atoms with Crippen LogP contribution in [0.4, 0.5) is 10.1 Å². The van der Waals surface area contributed by atoms with E-state index in [0.717, 1.165) is 12.8 Å². The van der Waals surface area contributed by atoms with Gasteiger partial charge >= 0.3 is 0 Å². The number of aliphatic hydroxyl groups is 1. The Bertz CT molecular complexity index is 461. The maximum Gasteiger partial charge on any atom is 0.143 e. The molecule has 0 aromatic heterocycles. The molecule has 1 aliphatic rings. The van der Waals surface area contributed by atoms with Crippen LogP contribution in [-0.4, -0.2) is 23.8 Å². The third-order valence-corrected chi connectivity index (χ3v) is 3.13. The smallest absolute Gasteiger partial charge is 0.143 e. The van der Waals surface area contributed by atoms with Crippen LogP contribution in [0.3, 0.4) is 0 Å². The zero-order chi connectivity index (χ0) is 12.5. The first-order valence-corrected chi connectivity index (χ1v) is 5.75. The molecule has 1 aliphatic heterocycles. The third kappa shape index (κ3) is 2.11. The molecule has 0 amide bonds. The van der Waals surface area contributed by atoms with Crippen LogP contribution in [0.15, 0.2) is 18.2 Å². The highest BCUT2D eigenvalue weighted by atomic mass is 19.1. The maximum atomic E-state index is 13.4. The predicted octanol–water partition coefficient (Wildman–Crippen LogP) is 2.05. The molecule has 0 radical (unpaired) electrons. The Morgan fingerprint density at radius 1 is 1.53 bits per heavy atom. The van der Waals surface area contributed by atoms with Crippen LogP contribution in [-0.2, 0) is 0 Å². The Kier molecular flexibility index (Phi) is 3.03. The molecule has 0 spiro atoms. The fourth-order valence-corrected chi connectivity index (χ4v) is 2.35. The molecule has 0 atom stereocenters. The van der Waals surface area contributed by atoms with Crippen LogP contribution in [0.5, 0.6) is 0 Å². The zero-order valence-electron chi connectivity index (χ0n) is 9.78. The molecule has 90 valence electrons. The van der Waals surface area contributed by atoms with E-state index in [-0.39, 0.29) is 5.56 Å². The van der Waals surface area contributed by atoms with Crippen molar-refractivity contribution in [3.8, 4) is 6.07 Å². The van der Waals surface area contributed by atoms with E-state index in [1.165, 1.54) is 6.07 Å². The van der Waals surface area contributed by atoms with Crippen molar-refractivity contribution >= 4 is 5.69 Å². The molecule has 2 rings (SSSR count). The zero-order valence-corrected chi connectivity index (χ0v) is 9.78. The Balaban J connectivity index is 2.17. The lowest BCUT2D eigenvalue weighted by atomic mass is 9.88. The van der Waals surface area contributed by atoms with E-state index in [4.69, 9.17) is 5.26 Å². The van der Waals surface area contributed by atoms with Crippen molar-refractivity contribution < 1.29 is 9.50 Å². The van der Waals surface area contributed by atoms with E-state index in [1.54, 1.807) is 12.1 Å². The van der Waals surface area contributed by atoms with Gasteiger partial charge < -0.3 is 10.0 Å². The number of benzene rings is 1. The second-order valence-electron chi connectivity index (χ2n) is 4.58. The lowest BCUT2D eigenvalue weighted by molar-refractivity contribution is 0.00334. The largest absolute Gasteiger partial charge is 0.386 e. The first-order chi connectivity index (χ1) is 8.09. The molecular formula is C13H15FN2O. The van der Waals surface area contributed by atoms with Gasteiger partial charge in [-0.15, -0.1) is 0 Å². The second kappa shape index (κ2) is 4.34. The third-order valence-electron chi connectivity index (χ3n) is 3.13. The molecule has 0 aliphatic carbocycles. The van der Waals surface area contributed by atoms with Crippen molar-refractivity contribution in [1.29, 1.82) is 5.26 Å². The van der Waals surface area contributed by atoms with Gasteiger partial charge in [0.05, 0.1) is 11.3 Å². The van der Waals surface area contributed by atoms with Gasteiger partial charge in [-0.25, -0.2) is 4.39 Å². The molecule has 0 unspecified atom stereocenters. The van der Waals surface area contributed by atoms with Gasteiger partial charge in [-0.2, -0.15) is 5.26 Å². The van der Waals surface area contributed by atoms with E-state index < -0.39 is 11.4 Å². The number of anilines is 1. The Labute approximate surface area is 100 Å². The Morgan fingerprint density at radius 2 is 2.24 bits per heavy atom. The van der Waals surface area contributed by atoms with Crippen molar-refractivity contribution in [2.24, 2.45) is 0 Å². The van der Waals surface area contributed by atoms with E-state index in [0.29, 0.717) is 18.8 Å². The van der Waals surface area contributed by atoms with Crippen molar-refractivity contribution in [2.45, 2.75) is 25.4 Å². The van der Waals surface area contributed by atoms with E-state index in [2.05, 4.69) is 0 Å². The SMILES string of the molecule is CCCC1(O)CN(c2cccc(F)c2C#N)C1. The molecule has 0 bridgehead atoms. The van der Waals surface area contributed by atoms with E-state index in [9.17, 15) is 9.50 Å². The number of nitriles is 1. The summed E-state index contributed by atoms with van der Waals surface area (Å²) >= 11 is 0. The van der Waals surface area contributed by atoms with Gasteiger partial charge in [0.1, 0.15) is 17.4 Å². The summed E-state index contributed by atoms with van der Waals surface area (Å²) in [4.78, 5) is 1.84. The summed E-state index contributed by atoms with van der Waals surface area (Å²) in [7, 11) is 0. The number of rotatable bonds is 3. The fourth-order valence-electron chi connectivity index (χ4n) is 2.35. The van der Waals surface area contributed by atoms with Crippen molar-refractivity contribution in [1.82, 2.24) is 0 Å². The number of β-amino-alcohol motifs (C(OH)–C–C–N with tert-alkyl or cyclic N) is 1. The van der Waals surface area contributed by atoms with Crippen LogP contribution in [0.2, 0.25) is 0 Å². The van der Waals surface area contributed by atoms with Crippen molar-refractivity contribution in [3.63, 3.8) is 0 Å². The summed E-state index contributed by atoms with van der Waals surface area (Å²) in [5.74, 6) is -0.504. The fraction of sp³-hybridized carbons (Fsp3) is 0.462. The first kappa shape index (κ1) is 11.9. The normalized spacial score (nSPS) is 17.4. The Hall–Kier alpha value is -1.60. The summed E-state index contributed by atoms with van der Waals surface area (Å²) < 4.78 is 13.4. The van der Waals surface area contributed by atoms with Gasteiger partial charge in [0.2, 0.25) is 0 Å². The summed E-state index contributed by atoms with van der Waals surface area (Å²) in [5, 5.41) is 19.0. The topological polar surface area (TPSA) is 47.3 Å². The van der Waals surface area contributed by atoms with E-state index in [1.807, 2.05) is 17.9 Å². The van der Waals surface area contributed by atoms with Gasteiger partial charge in [0.25, 0.3) is 0 Å². The molecule has 1 fully saturated rings. The Morgan fingerprint density at radius 3 is 2.82 bits per heavy atom. The van der Waals surface area contributed by atoms with Gasteiger partial charge in [0, 0.05) is 13.1 Å². The van der Waals surface area contributed by atoms with Crippen molar-refractivity contribution in [2.75, 3.05) is 18.0 Å². The summed E-state index contributed by atoms with van der Waals surface area (Å²) in [6, 6.07) is 6.45. The molecule has 1 saturated heterocycles. The lowest BCUT2D eigenvalue weighted by Crippen LogP contribution is -2.62. The van der Waals surface area contributed by atoms with Gasteiger partial charge in [-0.3, -0.25) is 0 Å². The van der Waals surface area contributed by atoms with Crippen molar-refractivity contribution in [3.05, 3.63) is 29.6 Å². The molecular weight excluding hydrogens is 219 g/mol. The number of nitrogens with zero attached hydrogens (tertiary/aromatic N) is 2. The van der Waals surface area contributed by atoms with Gasteiger partial charge in [-0.1, -0.05) is 19.4 Å². The second-order valence-corrected chi connectivity index (χ2v) is 4.58. The molecule has 17 heavy (non-hydrogen) atoms. The average Bonchev–Trinajstić information content (AvgIpc) is 2.25. The van der Waals surface area contributed by atoms with Crippen LogP contribution in [0.1, 0.15) is 25.3 Å². The number of hydrogen-bond acceptors (Lipinski definition) is 3. The van der Waals surface area contributed by atoms with Gasteiger partial charge in [-0.05, 0) is 18.6 Å². The van der Waals surface area contributed by atoms with Crippen LogP contribution >= 0.6 is 0 Å². The van der Waals surface area contributed by atoms with Crippen LogP contribution in [0, 0.1) is 17.1 Å². The minimum absolute atomic E-state index is 0.0612. The summed E-state index contributed by atoms with van der Waals surface area (Å²) in [5.41, 5.74) is -0.0346. The summed E-state index contributed by atoms with van der Waals surface area (Å²) in [6.45, 7) is 2.96. The first-order valence-electron chi connectivity index (χ1n) is 5.75. The summed E-state index contributed by atoms with van der Waals surface area (Å²) in [6.07, 6.45) is 1.65. The molecule has 0 saturated carbocycles. The molecule has 1 aromatic rings. The van der Waals surface area contributed by atoms with Crippen LogP contribution in [0.25, 0.3) is 0 Å². The van der Waals surface area contributed by atoms with E-state index >= 15 is 0 Å². The average molecular weight is 234 g/mol. The van der Waals surface area contributed by atoms with Gasteiger partial charge in [0.15, 0.2) is 0 Å². The highest BCUT2D eigenvalue weighted by Crippen LogP contribution is 2.33. The highest BCUT2D eigenvalue weighted by molar-refractivity contribution is 5.62. The molecule has 1 heterocycles. The molecule has 1 N–H and O–H groups in total. The minimum atomic E-state index is -0.673. The maximum absolute atomic E-state index is 13.4. The predicted molar refractivity (Wildman–Crippen MR) is 63.2 cm³/mol. The lowest BCUT2D eigenvalue weighted by Gasteiger charge is -2.48. The standard InChI is InChI=1S/C13H15FN2O/c1-2-6-13(17)8-16(9-13)12-5-3-4-11(14)10(12)7-15/h3-5,17H,2,6,8-9H2,1H3.